The monoisotopic (exact) mass is 471 g/mol. The lowest BCUT2D eigenvalue weighted by Crippen LogP contribution is -2.48. The fourth-order valence-corrected chi connectivity index (χ4v) is 4.82. The normalized spacial score (nSPS) is 23.7. The summed E-state index contributed by atoms with van der Waals surface area (Å²) in [6.07, 6.45) is 8.42. The quantitative estimate of drug-likeness (QED) is 0.610. The Morgan fingerprint density at radius 1 is 1.24 bits per heavy atom. The smallest absolute Gasteiger partial charge is 0.248 e. The minimum Gasteiger partial charge on any atom is -0.382 e. The van der Waals surface area contributed by atoms with E-state index in [0.717, 1.165) is 31.2 Å². The van der Waals surface area contributed by atoms with Crippen molar-refractivity contribution >= 4 is 11.8 Å². The molecule has 3 heterocycles. The summed E-state index contributed by atoms with van der Waals surface area (Å²) < 4.78 is 16.1. The molecule has 2 aromatic heterocycles. The number of hydrogen-bond donors (Lipinski definition) is 1. The summed E-state index contributed by atoms with van der Waals surface area (Å²) in [7, 11) is 1.60. The Kier molecular flexibility index (Phi) is 8.59. The van der Waals surface area contributed by atoms with Gasteiger partial charge in [-0.1, -0.05) is 18.0 Å². The van der Waals surface area contributed by atoms with Gasteiger partial charge in [0.25, 0.3) is 0 Å². The van der Waals surface area contributed by atoms with Crippen molar-refractivity contribution < 1.29 is 23.6 Å². The maximum absolute atomic E-state index is 13.2. The van der Waals surface area contributed by atoms with Crippen LogP contribution in [-0.2, 0) is 19.1 Å². The Morgan fingerprint density at radius 2 is 2.12 bits per heavy atom. The van der Waals surface area contributed by atoms with Gasteiger partial charge in [-0.3, -0.25) is 14.6 Å². The highest BCUT2D eigenvalue weighted by molar-refractivity contribution is 5.82. The van der Waals surface area contributed by atoms with Crippen molar-refractivity contribution in [1.82, 2.24) is 25.3 Å². The molecular weight excluding hydrogens is 438 g/mol. The first-order chi connectivity index (χ1) is 16.7. The van der Waals surface area contributed by atoms with E-state index < -0.39 is 0 Å². The SMILES string of the molecule is COCCOCC(=O)N1CCCCCCNC(=O)C2CC(c3nc(-c4cccnc4)no3)CC21. The van der Waals surface area contributed by atoms with E-state index in [4.69, 9.17) is 14.0 Å². The van der Waals surface area contributed by atoms with E-state index in [9.17, 15) is 9.59 Å². The molecule has 10 nitrogen and oxygen atoms in total. The van der Waals surface area contributed by atoms with Crippen molar-refractivity contribution in [2.45, 2.75) is 50.5 Å². The zero-order valence-electron chi connectivity index (χ0n) is 19.6. The summed E-state index contributed by atoms with van der Waals surface area (Å²) in [6.45, 7) is 2.03. The maximum atomic E-state index is 13.2. The van der Waals surface area contributed by atoms with Crippen LogP contribution in [0.5, 0.6) is 0 Å². The largest absolute Gasteiger partial charge is 0.382 e. The Labute approximate surface area is 199 Å². The van der Waals surface area contributed by atoms with Crippen molar-refractivity contribution in [3.05, 3.63) is 30.4 Å². The van der Waals surface area contributed by atoms with Gasteiger partial charge in [0.05, 0.1) is 19.1 Å². The van der Waals surface area contributed by atoms with Gasteiger partial charge in [-0.05, 0) is 37.8 Å². The van der Waals surface area contributed by atoms with Gasteiger partial charge in [-0.2, -0.15) is 4.98 Å². The molecule has 0 spiro atoms. The van der Waals surface area contributed by atoms with Crippen LogP contribution in [0.25, 0.3) is 11.4 Å². The molecule has 2 amide bonds. The highest BCUT2D eigenvalue weighted by atomic mass is 16.5. The molecule has 4 rings (SSSR count). The van der Waals surface area contributed by atoms with Crippen LogP contribution in [0.15, 0.2) is 29.0 Å². The topological polar surface area (TPSA) is 120 Å². The number of methoxy groups -OCH3 is 1. The number of pyridine rings is 1. The molecule has 1 aliphatic carbocycles. The Balaban J connectivity index is 1.53. The minimum atomic E-state index is -0.334. The first kappa shape index (κ1) is 24.3. The first-order valence-electron chi connectivity index (χ1n) is 12.0. The summed E-state index contributed by atoms with van der Waals surface area (Å²) in [5.74, 6) is 0.419. The Morgan fingerprint density at radius 3 is 2.94 bits per heavy atom. The predicted molar refractivity (Wildman–Crippen MR) is 123 cm³/mol. The van der Waals surface area contributed by atoms with E-state index in [1.54, 1.807) is 19.5 Å². The van der Waals surface area contributed by atoms with E-state index in [1.165, 1.54) is 0 Å². The van der Waals surface area contributed by atoms with Gasteiger partial charge in [0.15, 0.2) is 0 Å². The molecular formula is C24H33N5O5. The zero-order chi connectivity index (χ0) is 23.8. The number of nitrogens with one attached hydrogen (secondary N) is 1. The molecule has 1 saturated carbocycles. The van der Waals surface area contributed by atoms with E-state index >= 15 is 0 Å². The number of amides is 2. The van der Waals surface area contributed by atoms with Crippen LogP contribution in [0.3, 0.4) is 0 Å². The predicted octanol–water partition coefficient (Wildman–Crippen LogP) is 2.18. The third kappa shape index (κ3) is 5.98. The zero-order valence-corrected chi connectivity index (χ0v) is 19.6. The third-order valence-corrected chi connectivity index (χ3v) is 6.58. The molecule has 2 aliphatic rings. The number of nitrogens with zero attached hydrogens (tertiary/aromatic N) is 4. The molecule has 0 aromatic carbocycles. The summed E-state index contributed by atoms with van der Waals surface area (Å²) in [4.78, 5) is 36.8. The van der Waals surface area contributed by atoms with Crippen LogP contribution in [0.2, 0.25) is 0 Å². The van der Waals surface area contributed by atoms with Gasteiger partial charge < -0.3 is 24.2 Å². The molecule has 2 aromatic rings. The van der Waals surface area contributed by atoms with Crippen LogP contribution >= 0.6 is 0 Å². The molecule has 34 heavy (non-hydrogen) atoms. The number of carbonyl (C=O) groups excluding carboxylic acids is 2. The van der Waals surface area contributed by atoms with E-state index in [2.05, 4.69) is 20.4 Å². The number of fused-ring (bicyclic) bond motifs is 1. The Bertz CT molecular complexity index is 937. The molecule has 3 atom stereocenters. The molecule has 3 unspecified atom stereocenters. The molecule has 1 N–H and O–H groups in total. The first-order valence-corrected chi connectivity index (χ1v) is 12.0. The van der Waals surface area contributed by atoms with Crippen molar-refractivity contribution in [1.29, 1.82) is 0 Å². The van der Waals surface area contributed by atoms with E-state index in [-0.39, 0.29) is 36.3 Å². The summed E-state index contributed by atoms with van der Waals surface area (Å²) in [6, 6.07) is 3.45. The van der Waals surface area contributed by atoms with E-state index in [1.807, 2.05) is 17.0 Å². The molecule has 0 radical (unpaired) electrons. The lowest BCUT2D eigenvalue weighted by molar-refractivity contribution is -0.141. The molecule has 2 fully saturated rings. The average molecular weight is 472 g/mol. The summed E-state index contributed by atoms with van der Waals surface area (Å²) >= 11 is 0. The summed E-state index contributed by atoms with van der Waals surface area (Å²) in [5.41, 5.74) is 0.772. The van der Waals surface area contributed by atoms with E-state index in [0.29, 0.717) is 50.9 Å². The number of carbonyl (C=O) groups is 2. The van der Waals surface area contributed by atoms with Gasteiger partial charge >= 0.3 is 0 Å². The van der Waals surface area contributed by atoms with Crippen LogP contribution in [0, 0.1) is 5.92 Å². The second-order valence-electron chi connectivity index (χ2n) is 8.88. The fourth-order valence-electron chi connectivity index (χ4n) is 4.82. The Hall–Kier alpha value is -2.85. The highest BCUT2D eigenvalue weighted by Crippen LogP contribution is 2.41. The molecule has 184 valence electrons. The van der Waals surface area contributed by atoms with Crippen molar-refractivity contribution in [2.24, 2.45) is 5.92 Å². The van der Waals surface area contributed by atoms with Gasteiger partial charge in [-0.25, -0.2) is 0 Å². The molecule has 1 aliphatic heterocycles. The number of rotatable bonds is 7. The summed E-state index contributed by atoms with van der Waals surface area (Å²) in [5, 5.41) is 7.19. The minimum absolute atomic E-state index is 0.0144. The number of aromatic nitrogens is 3. The van der Waals surface area contributed by atoms with Crippen molar-refractivity contribution in [3.63, 3.8) is 0 Å². The van der Waals surface area contributed by atoms with Crippen LogP contribution in [-0.4, -0.2) is 77.9 Å². The van der Waals surface area contributed by atoms with Crippen LogP contribution < -0.4 is 5.32 Å². The molecule has 0 bridgehead atoms. The second-order valence-corrected chi connectivity index (χ2v) is 8.88. The molecule has 10 heteroatoms. The fraction of sp³-hybridized carbons (Fsp3) is 0.625. The standard InChI is InChI=1S/C24H33N5O5/c1-32-11-12-33-16-21(30)29-10-5-3-2-4-9-26-23(31)19-13-18(14-20(19)29)24-27-22(28-34-24)17-7-6-8-25-15-17/h6-8,15,18-20H,2-5,9-14,16H2,1H3,(H,26,31). The lowest BCUT2D eigenvalue weighted by atomic mass is 10.00. The van der Waals surface area contributed by atoms with Crippen molar-refractivity contribution in [3.8, 4) is 11.4 Å². The average Bonchev–Trinajstić information content (AvgIpc) is 3.51. The highest BCUT2D eigenvalue weighted by Gasteiger charge is 2.45. The molecule has 1 saturated heterocycles. The lowest BCUT2D eigenvalue weighted by Gasteiger charge is -2.32. The van der Waals surface area contributed by atoms with Crippen LogP contribution in [0.1, 0.15) is 50.3 Å². The van der Waals surface area contributed by atoms with Gasteiger partial charge in [-0.15, -0.1) is 0 Å². The van der Waals surface area contributed by atoms with Gasteiger partial charge in [0, 0.05) is 50.1 Å². The van der Waals surface area contributed by atoms with Crippen LogP contribution in [0.4, 0.5) is 0 Å². The van der Waals surface area contributed by atoms with Gasteiger partial charge in [0.1, 0.15) is 6.61 Å². The van der Waals surface area contributed by atoms with Crippen molar-refractivity contribution in [2.75, 3.05) is 40.0 Å². The maximum Gasteiger partial charge on any atom is 0.248 e. The second kappa shape index (κ2) is 12.0. The third-order valence-electron chi connectivity index (χ3n) is 6.58. The number of ether oxygens (including phenoxy) is 2. The van der Waals surface area contributed by atoms with Gasteiger partial charge in [0.2, 0.25) is 23.5 Å². The number of hydrogen-bond acceptors (Lipinski definition) is 8.